The van der Waals surface area contributed by atoms with Crippen molar-refractivity contribution in [3.05, 3.63) is 35.4 Å². The van der Waals surface area contributed by atoms with Gasteiger partial charge in [0.25, 0.3) is 0 Å². The molecular formula is C19H29N. The summed E-state index contributed by atoms with van der Waals surface area (Å²) in [5.41, 5.74) is 3.79. The number of benzene rings is 1. The number of likely N-dealkylation sites (tertiary alicyclic amines) is 1. The molecule has 1 saturated heterocycles. The van der Waals surface area contributed by atoms with Gasteiger partial charge >= 0.3 is 0 Å². The molecule has 0 N–H and O–H groups in total. The van der Waals surface area contributed by atoms with Crippen LogP contribution in [-0.4, -0.2) is 24.5 Å². The van der Waals surface area contributed by atoms with Crippen LogP contribution in [0.2, 0.25) is 0 Å². The van der Waals surface area contributed by atoms with Crippen molar-refractivity contribution in [2.75, 3.05) is 19.6 Å². The average Bonchev–Trinajstić information content (AvgIpc) is 2.44. The Morgan fingerprint density at radius 1 is 1.20 bits per heavy atom. The molecule has 0 radical (unpaired) electrons. The summed E-state index contributed by atoms with van der Waals surface area (Å²) in [5, 5.41) is 0. The van der Waals surface area contributed by atoms with Gasteiger partial charge in [-0.25, -0.2) is 0 Å². The fraction of sp³-hybridized carbons (Fsp3) is 0.684. The van der Waals surface area contributed by atoms with Crippen LogP contribution in [0, 0.1) is 5.41 Å². The number of hydrogen-bond acceptors (Lipinski definition) is 1. The van der Waals surface area contributed by atoms with Gasteiger partial charge < -0.3 is 4.90 Å². The summed E-state index contributed by atoms with van der Waals surface area (Å²) in [4.78, 5) is 2.71. The summed E-state index contributed by atoms with van der Waals surface area (Å²) in [6.07, 6.45) is 8.21. The van der Waals surface area contributed by atoms with Crippen molar-refractivity contribution in [2.24, 2.45) is 5.41 Å². The van der Waals surface area contributed by atoms with Gasteiger partial charge in [0, 0.05) is 6.54 Å². The standard InChI is InChI=1S/C19H29N/c1-19(2)12-6-13-20(15-19)14-11-17-9-5-8-16-7-3-4-10-18(16)17/h3-4,7,10,17H,5-6,8-9,11-15H2,1-2H3. The molecule has 0 saturated carbocycles. The van der Waals surface area contributed by atoms with E-state index < -0.39 is 0 Å². The molecule has 0 spiro atoms. The third-order valence-electron chi connectivity index (χ3n) is 5.27. The van der Waals surface area contributed by atoms with Crippen LogP contribution in [0.1, 0.15) is 63.0 Å². The van der Waals surface area contributed by atoms with Crippen LogP contribution in [0.5, 0.6) is 0 Å². The van der Waals surface area contributed by atoms with E-state index in [1.54, 1.807) is 11.1 Å². The maximum absolute atomic E-state index is 2.71. The van der Waals surface area contributed by atoms with Gasteiger partial charge in [-0.15, -0.1) is 0 Å². The Hall–Kier alpha value is -0.820. The molecule has 1 atom stereocenters. The molecule has 1 heterocycles. The molecule has 1 heteroatoms. The highest BCUT2D eigenvalue weighted by molar-refractivity contribution is 5.32. The lowest BCUT2D eigenvalue weighted by atomic mass is 9.80. The van der Waals surface area contributed by atoms with Gasteiger partial charge in [0.15, 0.2) is 0 Å². The topological polar surface area (TPSA) is 3.24 Å². The first kappa shape index (κ1) is 14.1. The molecular weight excluding hydrogens is 242 g/mol. The molecule has 1 nitrogen and oxygen atoms in total. The van der Waals surface area contributed by atoms with Gasteiger partial charge in [-0.3, -0.25) is 0 Å². The molecule has 0 amide bonds. The average molecular weight is 271 g/mol. The predicted octanol–water partition coefficient (Wildman–Crippen LogP) is 4.62. The normalized spacial score (nSPS) is 26.2. The Bertz CT molecular complexity index is 449. The van der Waals surface area contributed by atoms with E-state index in [1.165, 1.54) is 58.2 Å². The summed E-state index contributed by atoms with van der Waals surface area (Å²) in [5.74, 6) is 0.810. The molecule has 2 aliphatic rings. The van der Waals surface area contributed by atoms with Crippen LogP contribution in [-0.2, 0) is 6.42 Å². The quantitative estimate of drug-likeness (QED) is 0.775. The van der Waals surface area contributed by atoms with Gasteiger partial charge in [-0.1, -0.05) is 38.1 Å². The minimum atomic E-state index is 0.530. The molecule has 1 aromatic rings. The van der Waals surface area contributed by atoms with Crippen molar-refractivity contribution >= 4 is 0 Å². The Balaban J connectivity index is 1.59. The number of fused-ring (bicyclic) bond motifs is 1. The second-order valence-electron chi connectivity index (χ2n) is 7.62. The molecule has 0 bridgehead atoms. The minimum absolute atomic E-state index is 0.530. The zero-order valence-electron chi connectivity index (χ0n) is 13.2. The van der Waals surface area contributed by atoms with E-state index >= 15 is 0 Å². The Morgan fingerprint density at radius 2 is 2.05 bits per heavy atom. The predicted molar refractivity (Wildman–Crippen MR) is 86.2 cm³/mol. The molecule has 1 aromatic carbocycles. The summed E-state index contributed by atoms with van der Waals surface area (Å²) >= 11 is 0. The maximum atomic E-state index is 2.71. The summed E-state index contributed by atoms with van der Waals surface area (Å²) in [6.45, 7) is 8.76. The van der Waals surface area contributed by atoms with Crippen molar-refractivity contribution in [1.82, 2.24) is 4.90 Å². The number of rotatable bonds is 3. The number of aryl methyl sites for hydroxylation is 1. The number of nitrogens with zero attached hydrogens (tertiary/aromatic N) is 1. The molecule has 3 rings (SSSR count). The number of piperidine rings is 1. The lowest BCUT2D eigenvalue weighted by Crippen LogP contribution is -2.40. The lowest BCUT2D eigenvalue weighted by Gasteiger charge is -2.39. The fourth-order valence-corrected chi connectivity index (χ4v) is 4.23. The molecule has 1 aliphatic heterocycles. The van der Waals surface area contributed by atoms with Crippen LogP contribution >= 0.6 is 0 Å². The molecule has 1 unspecified atom stereocenters. The van der Waals surface area contributed by atoms with E-state index in [0.29, 0.717) is 5.41 Å². The van der Waals surface area contributed by atoms with Gasteiger partial charge in [-0.05, 0) is 74.1 Å². The van der Waals surface area contributed by atoms with Crippen molar-refractivity contribution in [1.29, 1.82) is 0 Å². The maximum Gasteiger partial charge on any atom is 0.00327 e. The minimum Gasteiger partial charge on any atom is -0.303 e. The van der Waals surface area contributed by atoms with Crippen LogP contribution in [0.15, 0.2) is 24.3 Å². The van der Waals surface area contributed by atoms with Crippen LogP contribution in [0.3, 0.4) is 0 Å². The van der Waals surface area contributed by atoms with Gasteiger partial charge in [-0.2, -0.15) is 0 Å². The molecule has 1 fully saturated rings. The van der Waals surface area contributed by atoms with Crippen LogP contribution in [0.4, 0.5) is 0 Å². The fourth-order valence-electron chi connectivity index (χ4n) is 4.23. The zero-order chi connectivity index (χ0) is 14.0. The molecule has 1 aliphatic carbocycles. The van der Waals surface area contributed by atoms with E-state index in [9.17, 15) is 0 Å². The number of hydrogen-bond donors (Lipinski definition) is 0. The van der Waals surface area contributed by atoms with Crippen molar-refractivity contribution in [3.63, 3.8) is 0 Å². The molecule has 110 valence electrons. The first-order chi connectivity index (χ1) is 9.64. The summed E-state index contributed by atoms with van der Waals surface area (Å²) in [7, 11) is 0. The Morgan fingerprint density at radius 3 is 2.90 bits per heavy atom. The van der Waals surface area contributed by atoms with Crippen molar-refractivity contribution in [3.8, 4) is 0 Å². The van der Waals surface area contributed by atoms with E-state index in [4.69, 9.17) is 0 Å². The van der Waals surface area contributed by atoms with E-state index in [0.717, 1.165) is 5.92 Å². The first-order valence-corrected chi connectivity index (χ1v) is 8.44. The van der Waals surface area contributed by atoms with Crippen LogP contribution < -0.4 is 0 Å². The Labute approximate surface area is 124 Å². The highest BCUT2D eigenvalue weighted by Gasteiger charge is 2.27. The van der Waals surface area contributed by atoms with E-state index in [1.807, 2.05) is 0 Å². The molecule has 0 aromatic heterocycles. The van der Waals surface area contributed by atoms with Gasteiger partial charge in [0.05, 0.1) is 0 Å². The monoisotopic (exact) mass is 271 g/mol. The van der Waals surface area contributed by atoms with Gasteiger partial charge in [0.1, 0.15) is 0 Å². The first-order valence-electron chi connectivity index (χ1n) is 8.44. The summed E-state index contributed by atoms with van der Waals surface area (Å²) in [6, 6.07) is 9.14. The largest absolute Gasteiger partial charge is 0.303 e. The second-order valence-corrected chi connectivity index (χ2v) is 7.62. The van der Waals surface area contributed by atoms with Crippen LogP contribution in [0.25, 0.3) is 0 Å². The Kier molecular flexibility index (Phi) is 4.16. The SMILES string of the molecule is CC1(C)CCCN(CCC2CCCc3ccccc32)C1. The van der Waals surface area contributed by atoms with Crippen molar-refractivity contribution in [2.45, 2.75) is 58.3 Å². The third kappa shape index (κ3) is 3.25. The van der Waals surface area contributed by atoms with Crippen molar-refractivity contribution < 1.29 is 0 Å². The second kappa shape index (κ2) is 5.89. The molecule has 20 heavy (non-hydrogen) atoms. The highest BCUT2D eigenvalue weighted by atomic mass is 15.1. The summed E-state index contributed by atoms with van der Waals surface area (Å²) < 4.78 is 0. The smallest absolute Gasteiger partial charge is 0.00327 e. The van der Waals surface area contributed by atoms with E-state index in [2.05, 4.69) is 43.0 Å². The van der Waals surface area contributed by atoms with E-state index in [-0.39, 0.29) is 0 Å². The lowest BCUT2D eigenvalue weighted by molar-refractivity contribution is 0.114. The third-order valence-corrected chi connectivity index (χ3v) is 5.27. The highest BCUT2D eigenvalue weighted by Crippen LogP contribution is 2.35. The van der Waals surface area contributed by atoms with Gasteiger partial charge in [0.2, 0.25) is 0 Å². The zero-order valence-corrected chi connectivity index (χ0v) is 13.2.